The van der Waals surface area contributed by atoms with E-state index in [4.69, 9.17) is 10.5 Å². The van der Waals surface area contributed by atoms with Crippen molar-refractivity contribution >= 4 is 17.6 Å². The number of rotatable bonds is 4. The van der Waals surface area contributed by atoms with Gasteiger partial charge >= 0.3 is 6.09 Å². The summed E-state index contributed by atoms with van der Waals surface area (Å²) in [5, 5.41) is 14.4. The Hall–Kier alpha value is -2.84. The minimum Gasteiger partial charge on any atom is -0.471 e. The van der Waals surface area contributed by atoms with Gasteiger partial charge in [-0.1, -0.05) is 0 Å². The van der Waals surface area contributed by atoms with Gasteiger partial charge in [-0.05, 0) is 61.8 Å². The largest absolute Gasteiger partial charge is 0.471 e. The van der Waals surface area contributed by atoms with Crippen molar-refractivity contribution in [2.24, 2.45) is 34.8 Å². The average Bonchev–Trinajstić information content (AvgIpc) is 3.34. The first kappa shape index (κ1) is 18.9. The first-order valence-electron chi connectivity index (χ1n) is 11.2. The molecular weight excluding hydrogens is 398 g/mol. The van der Waals surface area contributed by atoms with Gasteiger partial charge in [0, 0.05) is 36.8 Å². The summed E-state index contributed by atoms with van der Waals surface area (Å²) in [6, 6.07) is 3.42. The molecule has 7 atom stereocenters. The predicted molar refractivity (Wildman–Crippen MR) is 109 cm³/mol. The van der Waals surface area contributed by atoms with E-state index in [-0.39, 0.29) is 29.4 Å². The molecule has 1 aliphatic heterocycles. The summed E-state index contributed by atoms with van der Waals surface area (Å²) in [5.74, 6) is 1.68. The Morgan fingerprint density at radius 1 is 1.19 bits per heavy atom. The Kier molecular flexibility index (Phi) is 4.01. The van der Waals surface area contributed by atoms with Gasteiger partial charge in [0.15, 0.2) is 5.65 Å². The van der Waals surface area contributed by atoms with Crippen molar-refractivity contribution in [1.82, 2.24) is 19.5 Å². The van der Waals surface area contributed by atoms with E-state index in [1.165, 1.54) is 0 Å². The molecule has 5 fully saturated rings. The Morgan fingerprint density at radius 3 is 2.68 bits per heavy atom. The fourth-order valence-corrected chi connectivity index (χ4v) is 7.53. The van der Waals surface area contributed by atoms with Gasteiger partial charge in [-0.2, -0.15) is 0 Å². The number of primary amides is 1. The van der Waals surface area contributed by atoms with E-state index >= 15 is 0 Å². The van der Waals surface area contributed by atoms with E-state index in [0.717, 1.165) is 37.8 Å². The summed E-state index contributed by atoms with van der Waals surface area (Å²) in [7, 11) is 0. The molecule has 4 bridgehead atoms. The Labute approximate surface area is 179 Å². The molecule has 7 rings (SSSR count). The molecule has 31 heavy (non-hydrogen) atoms. The number of imidazole rings is 1. The number of nitrogens with two attached hydrogens (primary N) is 1. The molecule has 4 unspecified atom stereocenters. The number of hydrogen-bond acceptors (Lipinski definition) is 5. The molecule has 164 valence electrons. The van der Waals surface area contributed by atoms with Crippen LogP contribution in [-0.2, 0) is 4.79 Å². The van der Waals surface area contributed by atoms with E-state index in [2.05, 4.69) is 10.1 Å². The number of nitrogens with zero attached hydrogens (tertiary/aromatic N) is 4. The second-order valence-electron chi connectivity index (χ2n) is 10.0. The first-order chi connectivity index (χ1) is 14.9. The minimum atomic E-state index is -0.896. The highest BCUT2D eigenvalue weighted by Crippen LogP contribution is 2.63. The van der Waals surface area contributed by atoms with Crippen LogP contribution in [0.25, 0.3) is 5.65 Å². The molecule has 2 aromatic rings. The fourth-order valence-electron chi connectivity index (χ4n) is 7.53. The van der Waals surface area contributed by atoms with Crippen molar-refractivity contribution < 1.29 is 19.4 Å². The van der Waals surface area contributed by atoms with Gasteiger partial charge in [0.25, 0.3) is 0 Å². The van der Waals surface area contributed by atoms with Crippen molar-refractivity contribution in [3.63, 3.8) is 0 Å². The van der Waals surface area contributed by atoms with E-state index in [1.807, 2.05) is 6.07 Å². The third-order valence-electron chi connectivity index (χ3n) is 8.41. The van der Waals surface area contributed by atoms with Gasteiger partial charge in [-0.25, -0.2) is 14.3 Å². The third-order valence-corrected chi connectivity index (χ3v) is 8.41. The fraction of sp³-hybridized carbons (Fsp3) is 0.636. The maximum absolute atomic E-state index is 12.3. The lowest BCUT2D eigenvalue weighted by Crippen LogP contribution is -2.61. The molecular formula is C22H27N5O4. The summed E-state index contributed by atoms with van der Waals surface area (Å²) in [6.45, 7) is 0.457. The SMILES string of the molecule is NC(=O)[C@]12CC3CC(C1)C(C1[C@H](Oc4ccc5nccn5n4)CCN1C(=O)O)[C@@H](C3)C2. The zero-order valence-corrected chi connectivity index (χ0v) is 17.3. The lowest BCUT2D eigenvalue weighted by atomic mass is 9.44. The summed E-state index contributed by atoms with van der Waals surface area (Å²) >= 11 is 0. The van der Waals surface area contributed by atoms with E-state index < -0.39 is 6.09 Å². The van der Waals surface area contributed by atoms with Gasteiger partial charge in [0.1, 0.15) is 6.10 Å². The molecule has 3 N–H and O–H groups in total. The number of ether oxygens (including phenoxy) is 1. The zero-order valence-electron chi connectivity index (χ0n) is 17.3. The highest BCUT2D eigenvalue weighted by Gasteiger charge is 2.61. The first-order valence-corrected chi connectivity index (χ1v) is 11.2. The molecule has 4 aliphatic carbocycles. The van der Waals surface area contributed by atoms with E-state index in [9.17, 15) is 14.7 Å². The quantitative estimate of drug-likeness (QED) is 0.774. The number of carbonyl (C=O) groups is 2. The van der Waals surface area contributed by atoms with Crippen LogP contribution in [0.2, 0.25) is 0 Å². The Morgan fingerprint density at radius 2 is 1.97 bits per heavy atom. The lowest BCUT2D eigenvalue weighted by molar-refractivity contribution is -0.156. The molecule has 2 amide bonds. The summed E-state index contributed by atoms with van der Waals surface area (Å²) < 4.78 is 7.98. The van der Waals surface area contributed by atoms with Crippen molar-refractivity contribution in [3.05, 3.63) is 24.5 Å². The van der Waals surface area contributed by atoms with Gasteiger partial charge in [-0.15, -0.1) is 5.10 Å². The smallest absolute Gasteiger partial charge is 0.407 e. The monoisotopic (exact) mass is 425 g/mol. The summed E-state index contributed by atoms with van der Waals surface area (Å²) in [4.78, 5) is 30.2. The van der Waals surface area contributed by atoms with Crippen molar-refractivity contribution in [1.29, 1.82) is 0 Å². The third kappa shape index (κ3) is 2.81. The second kappa shape index (κ2) is 6.58. The molecule has 3 heterocycles. The number of likely N-dealkylation sites (tertiary alicyclic amines) is 1. The number of aromatic nitrogens is 3. The highest BCUT2D eigenvalue weighted by molar-refractivity contribution is 5.81. The van der Waals surface area contributed by atoms with Crippen LogP contribution in [0.15, 0.2) is 24.5 Å². The number of carboxylic acid groups (broad SMARTS) is 1. The lowest BCUT2D eigenvalue weighted by Gasteiger charge is -2.60. The van der Waals surface area contributed by atoms with Crippen molar-refractivity contribution in [3.8, 4) is 5.88 Å². The Balaban J connectivity index is 1.31. The van der Waals surface area contributed by atoms with Crippen LogP contribution < -0.4 is 10.5 Å². The normalized spacial score (nSPS) is 38.6. The van der Waals surface area contributed by atoms with Gasteiger partial charge in [0.2, 0.25) is 11.8 Å². The van der Waals surface area contributed by atoms with Crippen molar-refractivity contribution in [2.45, 2.75) is 50.7 Å². The van der Waals surface area contributed by atoms with Crippen molar-refractivity contribution in [2.75, 3.05) is 6.54 Å². The molecule has 4 saturated carbocycles. The molecule has 9 heteroatoms. The molecule has 2 aromatic heterocycles. The number of carbonyl (C=O) groups excluding carboxylic acids is 1. The van der Waals surface area contributed by atoms with Gasteiger partial charge in [-0.3, -0.25) is 4.79 Å². The minimum absolute atomic E-state index is 0.169. The van der Waals surface area contributed by atoms with Crippen LogP contribution >= 0.6 is 0 Å². The van der Waals surface area contributed by atoms with Crippen LogP contribution in [0.4, 0.5) is 4.79 Å². The number of hydrogen-bond donors (Lipinski definition) is 2. The van der Waals surface area contributed by atoms with Crippen LogP contribution in [0.3, 0.4) is 0 Å². The van der Waals surface area contributed by atoms with Crippen LogP contribution in [0.1, 0.15) is 38.5 Å². The van der Waals surface area contributed by atoms with Crippen LogP contribution in [0.5, 0.6) is 5.88 Å². The van der Waals surface area contributed by atoms with Gasteiger partial charge in [0.05, 0.1) is 6.04 Å². The maximum Gasteiger partial charge on any atom is 0.407 e. The molecule has 5 aliphatic rings. The predicted octanol–water partition coefficient (Wildman–Crippen LogP) is 2.16. The molecule has 0 aromatic carbocycles. The summed E-state index contributed by atoms with van der Waals surface area (Å²) in [5.41, 5.74) is 6.20. The standard InChI is InChI=1S/C22H27N5O4/c23-20(28)22-9-12-7-13(10-22)18(14(8-12)11-22)19-15(3-5-26(19)21(29)30)31-17-2-1-16-24-4-6-27(16)25-17/h1-2,4,6,12-15,18-19H,3,5,7-11H2,(H2,23,28)(H,29,30)/t12?,13-,14?,15+,18?,19?,22-/m0/s1. The molecule has 9 nitrogen and oxygen atoms in total. The van der Waals surface area contributed by atoms with E-state index in [0.29, 0.717) is 36.6 Å². The highest BCUT2D eigenvalue weighted by atomic mass is 16.5. The number of amides is 2. The average molecular weight is 425 g/mol. The van der Waals surface area contributed by atoms with Crippen LogP contribution in [0, 0.1) is 29.1 Å². The van der Waals surface area contributed by atoms with Crippen LogP contribution in [-0.4, -0.2) is 55.3 Å². The zero-order chi connectivity index (χ0) is 21.3. The maximum atomic E-state index is 12.3. The molecule has 0 radical (unpaired) electrons. The topological polar surface area (TPSA) is 123 Å². The van der Waals surface area contributed by atoms with E-state index in [1.54, 1.807) is 27.9 Å². The molecule has 1 saturated heterocycles. The van der Waals surface area contributed by atoms with Gasteiger partial charge < -0.3 is 20.5 Å². The second-order valence-corrected chi connectivity index (χ2v) is 10.0. The Bertz CT molecular complexity index is 1040. The number of fused-ring (bicyclic) bond motifs is 1. The summed E-state index contributed by atoms with van der Waals surface area (Å²) in [6.07, 6.45) is 7.54. The molecule has 0 spiro atoms.